The van der Waals surface area contributed by atoms with E-state index in [1.54, 1.807) is 0 Å². The molecule has 8 unspecified atom stereocenters. The summed E-state index contributed by atoms with van der Waals surface area (Å²) in [6.07, 6.45) is 4.14. The smallest absolute Gasteiger partial charge is 0.138 e. The minimum absolute atomic E-state index is 0.0599. The molecule has 6 fully saturated rings. The van der Waals surface area contributed by atoms with Gasteiger partial charge in [-0.2, -0.15) is 0 Å². The second-order valence-corrected chi connectivity index (χ2v) is 16.7. The lowest BCUT2D eigenvalue weighted by Crippen LogP contribution is -2.69. The Kier molecular flexibility index (Phi) is 7.48. The van der Waals surface area contributed by atoms with Crippen LogP contribution in [-0.4, -0.2) is 74.5 Å². The van der Waals surface area contributed by atoms with E-state index < -0.39 is 48.6 Å². The van der Waals surface area contributed by atoms with Crippen LogP contribution in [-0.2, 0) is 9.53 Å². The summed E-state index contributed by atoms with van der Waals surface area (Å²) in [5, 5.41) is 54.0. The Morgan fingerprint density at radius 2 is 1.60 bits per heavy atom. The molecule has 0 amide bonds. The molecule has 0 bridgehead atoms. The molecule has 5 saturated carbocycles. The lowest BCUT2D eigenvalue weighted by atomic mass is 9.32. The van der Waals surface area contributed by atoms with Crippen molar-refractivity contribution in [3.63, 3.8) is 0 Å². The molecule has 0 radical (unpaired) electrons. The van der Waals surface area contributed by atoms with Crippen LogP contribution in [0.5, 0.6) is 0 Å². The molecule has 5 aliphatic carbocycles. The molecule has 0 aromatic heterocycles. The van der Waals surface area contributed by atoms with Gasteiger partial charge < -0.3 is 30.3 Å². The van der Waals surface area contributed by atoms with Gasteiger partial charge in [0.05, 0.1) is 12.7 Å². The maximum atomic E-state index is 13.1. The summed E-state index contributed by atoms with van der Waals surface area (Å²) in [6, 6.07) is 0. The van der Waals surface area contributed by atoms with Crippen LogP contribution in [0.4, 0.5) is 0 Å². The predicted octanol–water partition coefficient (Wildman–Crippen LogP) is 4.03. The molecular formula is C35H56O7. The third-order valence-electron chi connectivity index (χ3n) is 15.4. The van der Waals surface area contributed by atoms with E-state index >= 15 is 0 Å². The van der Waals surface area contributed by atoms with Crippen molar-refractivity contribution in [2.45, 2.75) is 135 Å². The van der Waals surface area contributed by atoms with E-state index in [0.29, 0.717) is 30.0 Å². The Balaban J connectivity index is 1.36. The molecule has 0 aromatic rings. The fourth-order valence-electron chi connectivity index (χ4n) is 13.0. The molecule has 0 aromatic carbocycles. The fourth-order valence-corrected chi connectivity index (χ4v) is 13.0. The predicted molar refractivity (Wildman–Crippen MR) is 159 cm³/mol. The van der Waals surface area contributed by atoms with E-state index in [0.717, 1.165) is 57.8 Å². The topological polar surface area (TPSA) is 127 Å². The van der Waals surface area contributed by atoms with Crippen LogP contribution in [0.25, 0.3) is 0 Å². The van der Waals surface area contributed by atoms with E-state index in [2.05, 4.69) is 47.3 Å². The van der Waals surface area contributed by atoms with Crippen LogP contribution in [0.1, 0.15) is 98.8 Å². The minimum atomic E-state index is -1.49. The third kappa shape index (κ3) is 3.82. The number of Topliss-reactive ketones (excluding diaryl/α,β-unsaturated/α-hetero) is 1. The summed E-state index contributed by atoms with van der Waals surface area (Å²) in [7, 11) is 0. The van der Waals surface area contributed by atoms with Crippen molar-refractivity contribution in [3.8, 4) is 0 Å². The number of ketones is 1. The summed E-state index contributed by atoms with van der Waals surface area (Å²) in [6.45, 7) is 15.7. The fraction of sp³-hybridized carbons (Fsp3) is 0.914. The number of rotatable bonds is 4. The van der Waals surface area contributed by atoms with Gasteiger partial charge in [0.15, 0.2) is 0 Å². The zero-order valence-electron chi connectivity index (χ0n) is 26.5. The summed E-state index contributed by atoms with van der Waals surface area (Å²) in [5.41, 5.74) is -0.463. The number of allylic oxidation sites excluding steroid dienone is 1. The lowest BCUT2D eigenvalue weighted by Gasteiger charge is -2.72. The molecule has 6 rings (SSSR count). The first-order chi connectivity index (χ1) is 19.6. The molecular weight excluding hydrogens is 532 g/mol. The van der Waals surface area contributed by atoms with Crippen LogP contribution in [0, 0.1) is 56.7 Å². The number of ether oxygens (including phenoxy) is 1. The number of fused-ring (bicyclic) bond motifs is 7. The minimum Gasteiger partial charge on any atom is -0.394 e. The molecule has 238 valence electrons. The third-order valence-corrected chi connectivity index (χ3v) is 15.4. The van der Waals surface area contributed by atoms with E-state index in [1.165, 1.54) is 0 Å². The summed E-state index contributed by atoms with van der Waals surface area (Å²) < 4.78 is 5.97. The molecule has 7 heteroatoms. The number of hydrogen-bond donors (Lipinski definition) is 5. The van der Waals surface area contributed by atoms with Crippen molar-refractivity contribution < 1.29 is 35.1 Å². The number of aliphatic hydroxyl groups excluding tert-OH is 5. The molecule has 42 heavy (non-hydrogen) atoms. The van der Waals surface area contributed by atoms with Gasteiger partial charge in [0, 0.05) is 17.3 Å². The van der Waals surface area contributed by atoms with E-state index in [9.17, 15) is 30.3 Å². The van der Waals surface area contributed by atoms with E-state index in [1.807, 2.05) is 0 Å². The Bertz CT molecular complexity index is 1090. The molecule has 5 N–H and O–H groups in total. The van der Waals surface area contributed by atoms with E-state index in [-0.39, 0.29) is 33.5 Å². The lowest BCUT2D eigenvalue weighted by molar-refractivity contribution is -0.280. The van der Waals surface area contributed by atoms with Crippen LogP contribution < -0.4 is 0 Å². The quantitative estimate of drug-likeness (QED) is 0.314. The highest BCUT2D eigenvalue weighted by molar-refractivity contribution is 5.85. The first-order valence-corrected chi connectivity index (χ1v) is 16.8. The SMILES string of the molecule is C=C[C@@H]1CC[C@]2(C(O)[C@@H]3OC(CO)[C@@H](O)C(O)C3O)CC[C@]3(C)C(CCC4[C@@]5(C)CCC(=O)C(C)(C)C5CC[C@]43C)C12. The average molecular weight is 589 g/mol. The Hall–Kier alpha value is -0.830. The average Bonchev–Trinajstić information content (AvgIpc) is 3.34. The van der Waals surface area contributed by atoms with Gasteiger partial charge in [-0.25, -0.2) is 0 Å². The van der Waals surface area contributed by atoms with Gasteiger partial charge >= 0.3 is 0 Å². The van der Waals surface area contributed by atoms with Crippen molar-refractivity contribution >= 4 is 5.78 Å². The molecule has 15 atom stereocenters. The molecule has 6 aliphatic rings. The van der Waals surface area contributed by atoms with Gasteiger partial charge in [0.25, 0.3) is 0 Å². The largest absolute Gasteiger partial charge is 0.394 e. The highest BCUT2D eigenvalue weighted by atomic mass is 16.6. The summed E-state index contributed by atoms with van der Waals surface area (Å²) in [4.78, 5) is 13.1. The normalized spacial score (nSPS) is 56.0. The highest BCUT2D eigenvalue weighted by Gasteiger charge is 2.72. The van der Waals surface area contributed by atoms with Crippen molar-refractivity contribution in [3.05, 3.63) is 12.7 Å². The molecule has 1 saturated heterocycles. The molecule has 1 aliphatic heterocycles. The number of aliphatic hydroxyl groups is 5. The van der Waals surface area contributed by atoms with Crippen molar-refractivity contribution in [1.82, 2.24) is 0 Å². The monoisotopic (exact) mass is 588 g/mol. The second-order valence-electron chi connectivity index (χ2n) is 16.7. The van der Waals surface area contributed by atoms with Gasteiger partial charge in [-0.05, 0) is 104 Å². The first-order valence-electron chi connectivity index (χ1n) is 16.8. The van der Waals surface area contributed by atoms with Gasteiger partial charge in [-0.15, -0.1) is 6.58 Å². The second kappa shape index (κ2) is 10.1. The molecule has 0 spiro atoms. The standard InChI is InChI=1S/C35H56O7/c1-7-19-10-15-35(30(41)29-28(40)27(39)26(38)21(18-36)42-29)17-16-33(5)20(25(19)35)8-9-23-32(4)13-12-24(37)31(2,3)22(32)11-14-34(23,33)6/h7,19-23,25-30,36,38-41H,1,8-18H2,2-6H3/t19-,20?,21?,22?,23?,25?,26-,27?,28?,29-,30?,32+,33-,34-,35+/m1/s1. The zero-order valence-corrected chi connectivity index (χ0v) is 26.5. The Morgan fingerprint density at radius 3 is 2.26 bits per heavy atom. The summed E-state index contributed by atoms with van der Waals surface area (Å²) >= 11 is 0. The van der Waals surface area contributed by atoms with Gasteiger partial charge in [-0.3, -0.25) is 4.79 Å². The molecule has 7 nitrogen and oxygen atoms in total. The number of carbonyl (C=O) groups is 1. The summed E-state index contributed by atoms with van der Waals surface area (Å²) in [5.74, 6) is 2.17. The number of carbonyl (C=O) groups excluding carboxylic acids is 1. The highest BCUT2D eigenvalue weighted by Crippen LogP contribution is 2.77. The maximum absolute atomic E-state index is 13.1. The Labute approximate surface area is 252 Å². The molecule has 1 heterocycles. The van der Waals surface area contributed by atoms with Gasteiger partial charge in [0.2, 0.25) is 0 Å². The van der Waals surface area contributed by atoms with Crippen LogP contribution in [0.15, 0.2) is 12.7 Å². The van der Waals surface area contributed by atoms with Crippen molar-refractivity contribution in [2.24, 2.45) is 56.7 Å². The zero-order chi connectivity index (χ0) is 30.6. The van der Waals surface area contributed by atoms with Crippen LogP contribution in [0.3, 0.4) is 0 Å². The van der Waals surface area contributed by atoms with Crippen molar-refractivity contribution in [1.29, 1.82) is 0 Å². The van der Waals surface area contributed by atoms with Crippen LogP contribution >= 0.6 is 0 Å². The number of hydrogen-bond acceptors (Lipinski definition) is 7. The first kappa shape index (κ1) is 31.2. The van der Waals surface area contributed by atoms with Gasteiger partial charge in [-0.1, -0.05) is 40.7 Å². The van der Waals surface area contributed by atoms with E-state index in [4.69, 9.17) is 4.74 Å². The van der Waals surface area contributed by atoms with Gasteiger partial charge in [0.1, 0.15) is 36.3 Å². The Morgan fingerprint density at radius 1 is 0.881 bits per heavy atom. The maximum Gasteiger partial charge on any atom is 0.138 e. The van der Waals surface area contributed by atoms with Crippen molar-refractivity contribution in [2.75, 3.05) is 6.61 Å². The van der Waals surface area contributed by atoms with Crippen LogP contribution in [0.2, 0.25) is 0 Å².